The molecule has 0 aromatic rings. The Balaban J connectivity index is 0.00000208. The Morgan fingerprint density at radius 1 is 1.00 bits per heavy atom. The van der Waals surface area contributed by atoms with E-state index in [2.05, 4.69) is 0 Å². The molecule has 2 N–H and O–H groups in total. The summed E-state index contributed by atoms with van der Waals surface area (Å²) in [6, 6.07) is 0. The van der Waals surface area contributed by atoms with Crippen molar-refractivity contribution in [3.63, 3.8) is 0 Å². The summed E-state index contributed by atoms with van der Waals surface area (Å²) in [4.78, 5) is 28.9. The van der Waals surface area contributed by atoms with Crippen molar-refractivity contribution in [3.8, 4) is 0 Å². The van der Waals surface area contributed by atoms with Crippen LogP contribution >= 0.6 is 12.4 Å². The molecule has 0 spiro atoms. The monoisotopic (exact) mass is 359 g/mol. The minimum atomic E-state index is -0.389. The van der Waals surface area contributed by atoms with Gasteiger partial charge in [-0.2, -0.15) is 0 Å². The predicted octanol–water partition coefficient (Wildman–Crippen LogP) is 1.17. The van der Waals surface area contributed by atoms with Crippen molar-refractivity contribution in [3.05, 3.63) is 0 Å². The van der Waals surface area contributed by atoms with Crippen LogP contribution in [0, 0.1) is 5.92 Å². The number of hydrogen-bond acceptors (Lipinski definition) is 4. The summed E-state index contributed by atoms with van der Waals surface area (Å²) in [6.45, 7) is 5.14. The lowest BCUT2D eigenvalue weighted by Crippen LogP contribution is -2.58. The van der Waals surface area contributed by atoms with Crippen molar-refractivity contribution >= 4 is 24.2 Å². The van der Waals surface area contributed by atoms with E-state index in [9.17, 15) is 9.59 Å². The molecule has 0 aromatic heterocycles. The molecule has 3 fully saturated rings. The van der Waals surface area contributed by atoms with E-state index in [0.29, 0.717) is 32.8 Å². The zero-order valence-electron chi connectivity index (χ0n) is 14.5. The zero-order valence-corrected chi connectivity index (χ0v) is 15.4. The van der Waals surface area contributed by atoms with E-state index in [1.807, 2.05) is 16.7 Å². The third kappa shape index (κ3) is 4.03. The Hall–Kier alpha value is -0.850. The first-order valence-corrected chi connectivity index (χ1v) is 8.97. The van der Waals surface area contributed by atoms with Crippen LogP contribution in [0.4, 0.5) is 0 Å². The van der Waals surface area contributed by atoms with Gasteiger partial charge in [0.2, 0.25) is 5.91 Å². The Kier molecular flexibility index (Phi) is 6.51. The van der Waals surface area contributed by atoms with Gasteiger partial charge in [0.05, 0.1) is 5.92 Å². The maximum atomic E-state index is 12.8. The molecule has 138 valence electrons. The normalized spacial score (nSPS) is 33.9. The van der Waals surface area contributed by atoms with Crippen LogP contribution in [0.1, 0.15) is 45.4 Å². The van der Waals surface area contributed by atoms with Gasteiger partial charge >= 0.3 is 0 Å². The third-order valence-electron chi connectivity index (χ3n) is 5.66. The molecule has 2 aliphatic heterocycles. The Morgan fingerprint density at radius 3 is 2.17 bits per heavy atom. The number of carbonyl (C=O) groups excluding carboxylic acids is 2. The highest BCUT2D eigenvalue weighted by Crippen LogP contribution is 2.33. The second-order valence-electron chi connectivity index (χ2n) is 7.46. The van der Waals surface area contributed by atoms with E-state index in [0.717, 1.165) is 38.5 Å². The SMILES string of the molecule is CC1(N)CCCCC1C(=O)N1CCN(C(=O)C2CCCO2)CC1.Cl. The lowest BCUT2D eigenvalue weighted by molar-refractivity contribution is -0.148. The van der Waals surface area contributed by atoms with E-state index in [1.165, 1.54) is 0 Å². The van der Waals surface area contributed by atoms with Crippen molar-refractivity contribution < 1.29 is 14.3 Å². The molecule has 0 bridgehead atoms. The fourth-order valence-electron chi connectivity index (χ4n) is 4.11. The van der Waals surface area contributed by atoms with Crippen LogP contribution in [0.3, 0.4) is 0 Å². The molecule has 7 heteroatoms. The van der Waals surface area contributed by atoms with Crippen LogP contribution < -0.4 is 5.73 Å². The minimum Gasteiger partial charge on any atom is -0.368 e. The molecular formula is C17H30ClN3O3. The van der Waals surface area contributed by atoms with E-state index in [-0.39, 0.29) is 41.8 Å². The summed E-state index contributed by atoms with van der Waals surface area (Å²) in [5.41, 5.74) is 5.97. The first kappa shape index (κ1) is 19.5. The van der Waals surface area contributed by atoms with Gasteiger partial charge < -0.3 is 20.3 Å². The third-order valence-corrected chi connectivity index (χ3v) is 5.66. The van der Waals surface area contributed by atoms with Gasteiger partial charge in [-0.05, 0) is 32.6 Å². The molecule has 2 heterocycles. The van der Waals surface area contributed by atoms with E-state index in [1.54, 1.807) is 0 Å². The fraction of sp³-hybridized carbons (Fsp3) is 0.882. The zero-order chi connectivity index (χ0) is 16.4. The number of ether oxygens (including phenoxy) is 1. The molecule has 1 saturated carbocycles. The van der Waals surface area contributed by atoms with Gasteiger partial charge in [-0.1, -0.05) is 12.8 Å². The highest BCUT2D eigenvalue weighted by molar-refractivity contribution is 5.85. The van der Waals surface area contributed by atoms with Crippen LogP contribution in [0.2, 0.25) is 0 Å². The summed E-state index contributed by atoms with van der Waals surface area (Å²) < 4.78 is 5.48. The molecule has 3 rings (SSSR count). The lowest BCUT2D eigenvalue weighted by atomic mass is 9.74. The molecule has 0 aromatic carbocycles. The Bertz CT molecular complexity index is 458. The average Bonchev–Trinajstić information content (AvgIpc) is 3.08. The summed E-state index contributed by atoms with van der Waals surface area (Å²) >= 11 is 0. The number of nitrogens with zero attached hydrogens (tertiary/aromatic N) is 2. The highest BCUT2D eigenvalue weighted by atomic mass is 35.5. The van der Waals surface area contributed by atoms with E-state index < -0.39 is 0 Å². The summed E-state index contributed by atoms with van der Waals surface area (Å²) in [5, 5.41) is 0. The van der Waals surface area contributed by atoms with E-state index >= 15 is 0 Å². The number of piperazine rings is 1. The maximum absolute atomic E-state index is 12.8. The minimum absolute atomic E-state index is 0. The highest BCUT2D eigenvalue weighted by Gasteiger charge is 2.41. The quantitative estimate of drug-likeness (QED) is 0.802. The van der Waals surface area contributed by atoms with Crippen LogP contribution in [0.15, 0.2) is 0 Å². The summed E-state index contributed by atoms with van der Waals surface area (Å²) in [5.74, 6) is 0.200. The average molecular weight is 360 g/mol. The Labute approximate surface area is 150 Å². The van der Waals surface area contributed by atoms with Gasteiger partial charge in [-0.3, -0.25) is 9.59 Å². The fourth-order valence-corrected chi connectivity index (χ4v) is 4.11. The van der Waals surface area contributed by atoms with Crippen molar-refractivity contribution in [1.82, 2.24) is 9.80 Å². The van der Waals surface area contributed by atoms with Crippen LogP contribution in [0.25, 0.3) is 0 Å². The molecule has 2 saturated heterocycles. The lowest BCUT2D eigenvalue weighted by Gasteiger charge is -2.42. The smallest absolute Gasteiger partial charge is 0.251 e. The molecular weight excluding hydrogens is 330 g/mol. The number of carbonyl (C=O) groups is 2. The van der Waals surface area contributed by atoms with Crippen molar-refractivity contribution in [2.45, 2.75) is 57.1 Å². The second kappa shape index (κ2) is 8.02. The molecule has 3 unspecified atom stereocenters. The van der Waals surface area contributed by atoms with E-state index in [4.69, 9.17) is 10.5 Å². The van der Waals surface area contributed by atoms with Gasteiger partial charge in [-0.15, -0.1) is 12.4 Å². The second-order valence-corrected chi connectivity index (χ2v) is 7.46. The number of hydrogen-bond donors (Lipinski definition) is 1. The molecule has 3 aliphatic rings. The Morgan fingerprint density at radius 2 is 1.62 bits per heavy atom. The van der Waals surface area contributed by atoms with Crippen molar-refractivity contribution in [2.24, 2.45) is 11.7 Å². The summed E-state index contributed by atoms with van der Waals surface area (Å²) in [7, 11) is 0. The molecule has 0 radical (unpaired) electrons. The topological polar surface area (TPSA) is 75.9 Å². The number of nitrogens with two attached hydrogens (primary N) is 1. The van der Waals surface area contributed by atoms with Gasteiger partial charge in [-0.25, -0.2) is 0 Å². The molecule has 24 heavy (non-hydrogen) atoms. The number of rotatable bonds is 2. The maximum Gasteiger partial charge on any atom is 0.251 e. The van der Waals surface area contributed by atoms with Crippen molar-refractivity contribution in [2.75, 3.05) is 32.8 Å². The largest absolute Gasteiger partial charge is 0.368 e. The van der Waals surface area contributed by atoms with Gasteiger partial charge in [0.15, 0.2) is 0 Å². The number of halogens is 1. The molecule has 6 nitrogen and oxygen atoms in total. The van der Waals surface area contributed by atoms with Gasteiger partial charge in [0, 0.05) is 38.3 Å². The molecule has 2 amide bonds. The van der Waals surface area contributed by atoms with Gasteiger partial charge in [0.1, 0.15) is 6.10 Å². The van der Waals surface area contributed by atoms with Gasteiger partial charge in [0.25, 0.3) is 5.91 Å². The van der Waals surface area contributed by atoms with Crippen LogP contribution in [-0.4, -0.2) is 66.0 Å². The standard InChI is InChI=1S/C17H29N3O3.ClH/c1-17(18)7-3-2-5-13(17)15(21)19-8-10-20(11-9-19)16(22)14-6-4-12-23-14;/h13-14H,2-12,18H2,1H3;1H. The first-order chi connectivity index (χ1) is 11.0. The summed E-state index contributed by atoms with van der Waals surface area (Å²) in [6.07, 6.45) is 5.53. The molecule has 1 aliphatic carbocycles. The van der Waals surface area contributed by atoms with Crippen LogP contribution in [-0.2, 0) is 14.3 Å². The first-order valence-electron chi connectivity index (χ1n) is 8.97. The number of amides is 2. The molecule has 3 atom stereocenters. The van der Waals surface area contributed by atoms with Crippen LogP contribution in [0.5, 0.6) is 0 Å². The van der Waals surface area contributed by atoms with Crippen molar-refractivity contribution in [1.29, 1.82) is 0 Å². The predicted molar refractivity (Wildman–Crippen MR) is 93.9 cm³/mol.